The Morgan fingerprint density at radius 1 is 1.32 bits per heavy atom. The van der Waals surface area contributed by atoms with Crippen LogP contribution in [0.1, 0.15) is 30.9 Å². The summed E-state index contributed by atoms with van der Waals surface area (Å²) in [4.78, 5) is 14.7. The van der Waals surface area contributed by atoms with Crippen molar-refractivity contribution < 1.29 is 9.53 Å². The van der Waals surface area contributed by atoms with E-state index in [-0.39, 0.29) is 11.9 Å². The first kappa shape index (κ1) is 18.6. The van der Waals surface area contributed by atoms with Crippen molar-refractivity contribution in [1.82, 2.24) is 15.5 Å². The van der Waals surface area contributed by atoms with Gasteiger partial charge in [0, 0.05) is 31.1 Å². The monoisotopic (exact) mass is 365 g/mol. The first-order chi connectivity index (χ1) is 12.2. The number of morpholine rings is 1. The van der Waals surface area contributed by atoms with Crippen molar-refractivity contribution in [2.75, 3.05) is 45.9 Å². The largest absolute Gasteiger partial charge is 0.379 e. The van der Waals surface area contributed by atoms with E-state index in [1.54, 1.807) is 0 Å². The molecule has 25 heavy (non-hydrogen) atoms. The molecule has 6 heteroatoms. The maximum Gasteiger partial charge on any atom is 0.220 e. The quantitative estimate of drug-likeness (QED) is 0.778. The molecule has 0 radical (unpaired) electrons. The van der Waals surface area contributed by atoms with Crippen LogP contribution >= 0.6 is 11.6 Å². The van der Waals surface area contributed by atoms with E-state index >= 15 is 0 Å². The fourth-order valence-corrected chi connectivity index (χ4v) is 3.75. The molecule has 2 N–H and O–H groups in total. The van der Waals surface area contributed by atoms with E-state index in [1.807, 2.05) is 12.1 Å². The molecule has 2 unspecified atom stereocenters. The predicted octanol–water partition coefficient (Wildman–Crippen LogP) is 2.22. The van der Waals surface area contributed by atoms with Crippen molar-refractivity contribution in [3.05, 3.63) is 34.9 Å². The summed E-state index contributed by atoms with van der Waals surface area (Å²) in [6.45, 7) is 6.02. The molecule has 2 aliphatic heterocycles. The summed E-state index contributed by atoms with van der Waals surface area (Å²) in [5.74, 6) is 0.802. The zero-order chi connectivity index (χ0) is 17.5. The number of halogens is 1. The number of rotatable bonds is 7. The summed E-state index contributed by atoms with van der Waals surface area (Å²) >= 11 is 6.02. The van der Waals surface area contributed by atoms with Crippen LogP contribution in [0, 0.1) is 5.92 Å². The van der Waals surface area contributed by atoms with Gasteiger partial charge in [-0.15, -0.1) is 0 Å². The number of carbonyl (C=O) groups excluding carboxylic acids is 1. The Bertz CT molecular complexity index is 540. The number of carbonyl (C=O) groups is 1. The van der Waals surface area contributed by atoms with Crippen molar-refractivity contribution in [1.29, 1.82) is 0 Å². The van der Waals surface area contributed by atoms with Crippen molar-refractivity contribution in [2.24, 2.45) is 5.92 Å². The van der Waals surface area contributed by atoms with Crippen LogP contribution in [0.4, 0.5) is 0 Å². The second-order valence-electron chi connectivity index (χ2n) is 6.92. The zero-order valence-corrected chi connectivity index (χ0v) is 15.4. The van der Waals surface area contributed by atoms with Gasteiger partial charge in [-0.2, -0.15) is 0 Å². The van der Waals surface area contributed by atoms with Crippen LogP contribution in [0.3, 0.4) is 0 Å². The highest BCUT2D eigenvalue weighted by Gasteiger charge is 2.23. The van der Waals surface area contributed by atoms with E-state index in [2.05, 4.69) is 27.7 Å². The second kappa shape index (κ2) is 9.53. The molecule has 2 heterocycles. The summed E-state index contributed by atoms with van der Waals surface area (Å²) in [5.41, 5.74) is 1.19. The van der Waals surface area contributed by atoms with Gasteiger partial charge in [0.1, 0.15) is 0 Å². The van der Waals surface area contributed by atoms with Crippen LogP contribution in [0.5, 0.6) is 0 Å². The van der Waals surface area contributed by atoms with Crippen LogP contribution < -0.4 is 10.6 Å². The molecule has 2 atom stereocenters. The van der Waals surface area contributed by atoms with E-state index in [0.717, 1.165) is 50.8 Å². The van der Waals surface area contributed by atoms with Crippen LogP contribution in [0.15, 0.2) is 24.3 Å². The minimum Gasteiger partial charge on any atom is -0.379 e. The highest BCUT2D eigenvalue weighted by atomic mass is 35.5. The number of hydrogen-bond acceptors (Lipinski definition) is 4. The van der Waals surface area contributed by atoms with E-state index in [1.165, 1.54) is 12.0 Å². The second-order valence-corrected chi connectivity index (χ2v) is 7.35. The number of amides is 1. The minimum atomic E-state index is 0.152. The third kappa shape index (κ3) is 5.68. The maximum absolute atomic E-state index is 12.3. The van der Waals surface area contributed by atoms with Crippen molar-refractivity contribution in [3.8, 4) is 0 Å². The molecule has 1 aromatic rings. The molecule has 2 saturated heterocycles. The van der Waals surface area contributed by atoms with Crippen LogP contribution in [0.25, 0.3) is 0 Å². The van der Waals surface area contributed by atoms with Gasteiger partial charge in [0.2, 0.25) is 5.91 Å². The third-order valence-corrected chi connectivity index (χ3v) is 5.43. The molecule has 1 aromatic carbocycles. The standard InChI is InChI=1S/C19H28ClN3O2/c20-17-4-2-16(3-5-17)18(23-9-11-25-12-10-23)14-22-19(24)6-1-15-7-8-21-13-15/h2-5,15,18,21H,1,6-14H2,(H,22,24). The first-order valence-corrected chi connectivity index (χ1v) is 9.65. The van der Waals surface area contributed by atoms with Crippen molar-refractivity contribution in [2.45, 2.75) is 25.3 Å². The highest BCUT2D eigenvalue weighted by Crippen LogP contribution is 2.23. The highest BCUT2D eigenvalue weighted by molar-refractivity contribution is 6.30. The Hall–Kier alpha value is -1.14. The number of ether oxygens (including phenoxy) is 1. The van der Waals surface area contributed by atoms with E-state index in [9.17, 15) is 4.79 Å². The summed E-state index contributed by atoms with van der Waals surface area (Å²) in [7, 11) is 0. The van der Waals surface area contributed by atoms with E-state index in [0.29, 0.717) is 18.9 Å². The average molecular weight is 366 g/mol. The normalized spacial score (nSPS) is 22.7. The van der Waals surface area contributed by atoms with Gasteiger partial charge < -0.3 is 15.4 Å². The lowest BCUT2D eigenvalue weighted by molar-refractivity contribution is -0.121. The Morgan fingerprint density at radius 2 is 2.08 bits per heavy atom. The Labute approximate surface area is 155 Å². The SMILES string of the molecule is O=C(CCC1CCNC1)NCC(c1ccc(Cl)cc1)N1CCOCC1. The fourth-order valence-electron chi connectivity index (χ4n) is 3.63. The first-order valence-electron chi connectivity index (χ1n) is 9.27. The lowest BCUT2D eigenvalue weighted by Crippen LogP contribution is -2.43. The third-order valence-electron chi connectivity index (χ3n) is 5.18. The lowest BCUT2D eigenvalue weighted by atomic mass is 10.0. The molecule has 1 amide bonds. The molecule has 0 spiro atoms. The minimum absolute atomic E-state index is 0.152. The summed E-state index contributed by atoms with van der Waals surface area (Å²) < 4.78 is 5.47. The molecule has 0 bridgehead atoms. The van der Waals surface area contributed by atoms with Gasteiger partial charge in [0.15, 0.2) is 0 Å². The van der Waals surface area contributed by atoms with Crippen LogP contribution in [0.2, 0.25) is 5.02 Å². The maximum atomic E-state index is 12.3. The molecule has 138 valence electrons. The molecule has 0 aliphatic carbocycles. The average Bonchev–Trinajstić information content (AvgIpc) is 3.16. The Kier molecular flexibility index (Phi) is 7.11. The van der Waals surface area contributed by atoms with Crippen molar-refractivity contribution >= 4 is 17.5 Å². The van der Waals surface area contributed by atoms with Crippen LogP contribution in [-0.2, 0) is 9.53 Å². The summed E-state index contributed by atoms with van der Waals surface area (Å²) in [5, 5.41) is 7.23. The van der Waals surface area contributed by atoms with Gasteiger partial charge in [-0.05, 0) is 49.5 Å². The molecular weight excluding hydrogens is 338 g/mol. The number of hydrogen-bond donors (Lipinski definition) is 2. The molecule has 2 fully saturated rings. The van der Waals surface area contributed by atoms with Crippen LogP contribution in [-0.4, -0.2) is 56.7 Å². The molecule has 5 nitrogen and oxygen atoms in total. The lowest BCUT2D eigenvalue weighted by Gasteiger charge is -2.35. The smallest absolute Gasteiger partial charge is 0.220 e. The van der Waals surface area contributed by atoms with Gasteiger partial charge in [0.05, 0.1) is 19.3 Å². The Morgan fingerprint density at radius 3 is 2.76 bits per heavy atom. The molecule has 3 rings (SSSR count). The molecular formula is C19H28ClN3O2. The number of nitrogens with one attached hydrogen (secondary N) is 2. The topological polar surface area (TPSA) is 53.6 Å². The van der Waals surface area contributed by atoms with E-state index in [4.69, 9.17) is 16.3 Å². The van der Waals surface area contributed by atoms with E-state index < -0.39 is 0 Å². The van der Waals surface area contributed by atoms with Gasteiger partial charge >= 0.3 is 0 Å². The molecule has 0 aromatic heterocycles. The summed E-state index contributed by atoms with van der Waals surface area (Å²) in [6, 6.07) is 8.11. The number of benzene rings is 1. The van der Waals surface area contributed by atoms with Gasteiger partial charge in [-0.25, -0.2) is 0 Å². The molecule has 0 saturated carbocycles. The summed E-state index contributed by atoms with van der Waals surface area (Å²) in [6.07, 6.45) is 2.78. The van der Waals surface area contributed by atoms with Gasteiger partial charge in [-0.1, -0.05) is 23.7 Å². The van der Waals surface area contributed by atoms with Gasteiger partial charge in [-0.3, -0.25) is 9.69 Å². The zero-order valence-electron chi connectivity index (χ0n) is 14.7. The van der Waals surface area contributed by atoms with Gasteiger partial charge in [0.25, 0.3) is 0 Å². The van der Waals surface area contributed by atoms with Crippen molar-refractivity contribution in [3.63, 3.8) is 0 Å². The number of nitrogens with zero attached hydrogens (tertiary/aromatic N) is 1. The fraction of sp³-hybridized carbons (Fsp3) is 0.632. The predicted molar refractivity (Wildman–Crippen MR) is 99.8 cm³/mol. The molecule has 2 aliphatic rings. The Balaban J connectivity index is 1.55.